The largest absolute Gasteiger partial charge is 0.347 e. The molecule has 0 aliphatic rings. The molecule has 0 amide bonds. The van der Waals surface area contributed by atoms with Crippen molar-refractivity contribution < 1.29 is 33.3 Å². The van der Waals surface area contributed by atoms with E-state index in [0.717, 1.165) is 0 Å². The fourth-order valence-electron chi connectivity index (χ4n) is 1.81. The molecule has 2 rings (SSSR count). The third-order valence-electron chi connectivity index (χ3n) is 2.82. The van der Waals surface area contributed by atoms with Crippen molar-refractivity contribution in [1.82, 2.24) is 9.97 Å². The van der Waals surface area contributed by atoms with E-state index in [0.29, 0.717) is 11.3 Å². The van der Waals surface area contributed by atoms with Crippen LogP contribution in [0.1, 0.15) is 0 Å². The van der Waals surface area contributed by atoms with Crippen LogP contribution in [0.5, 0.6) is 0 Å². The first-order chi connectivity index (χ1) is 9.68. The van der Waals surface area contributed by atoms with Crippen molar-refractivity contribution in [2.45, 2.75) is 11.9 Å². The summed E-state index contributed by atoms with van der Waals surface area (Å²) in [4.78, 5) is 43.2. The van der Waals surface area contributed by atoms with Gasteiger partial charge in [0.1, 0.15) is 0 Å². The number of hydrogen-bond acceptors (Lipinski definition) is 3. The molecule has 2 aromatic rings. The average molecular weight is 334 g/mol. The molecule has 9 nitrogen and oxygen atoms in total. The van der Waals surface area contributed by atoms with Crippen LogP contribution < -0.4 is 4.57 Å². The molecule has 0 fully saturated rings. The first-order valence-corrected chi connectivity index (χ1v) is 9.12. The molecule has 2 heterocycles. The number of aromatic amines is 1. The molecular weight excluding hydrogens is 320 g/mol. The van der Waals surface area contributed by atoms with Crippen molar-refractivity contribution in [2.75, 3.05) is 0 Å². The van der Waals surface area contributed by atoms with Gasteiger partial charge in [-0.3, -0.25) is 9.13 Å². The highest BCUT2D eigenvalue weighted by atomic mass is 31.2. The highest BCUT2D eigenvalue weighted by Gasteiger charge is 2.46. The zero-order valence-electron chi connectivity index (χ0n) is 10.6. The number of aromatic nitrogens is 3. The smallest absolute Gasteiger partial charge is 0.344 e. The lowest BCUT2D eigenvalue weighted by Crippen LogP contribution is -2.39. The Kier molecular flexibility index (Phi) is 4.43. The number of H-pyrrole nitrogens is 1. The van der Waals surface area contributed by atoms with Crippen molar-refractivity contribution in [3.63, 3.8) is 0 Å². The first kappa shape index (κ1) is 16.0. The molecule has 0 saturated carbocycles. The Hall–Kier alpha value is -1.34. The van der Waals surface area contributed by atoms with Gasteiger partial charge in [0.25, 0.3) is 0 Å². The molecule has 0 radical (unpaired) electrons. The zero-order chi connectivity index (χ0) is 15.7. The van der Waals surface area contributed by atoms with Crippen molar-refractivity contribution in [3.8, 4) is 11.3 Å². The van der Waals surface area contributed by atoms with Gasteiger partial charge in [0.05, 0.1) is 23.8 Å². The maximum atomic E-state index is 11.3. The Balaban J connectivity index is 2.32. The highest BCUT2D eigenvalue weighted by Crippen LogP contribution is 2.59. The standard InChI is InChI=1S/C10H13N3O6P2/c14-20(15,16)10(21(17,18)19)6-13-3-1-2-8(5-13)9-4-11-7-12-9/h1-5,7,10H,6H2,(H4-,11,12,14,15,16,17,18,19)/p+1. The van der Waals surface area contributed by atoms with Crippen molar-refractivity contribution >= 4 is 15.2 Å². The minimum atomic E-state index is -4.94. The van der Waals surface area contributed by atoms with Gasteiger partial charge in [0.15, 0.2) is 18.9 Å². The van der Waals surface area contributed by atoms with E-state index in [1.807, 2.05) is 0 Å². The molecule has 0 unspecified atom stereocenters. The van der Waals surface area contributed by atoms with E-state index in [4.69, 9.17) is 19.6 Å². The third-order valence-corrected chi connectivity index (χ3v) is 6.50. The van der Waals surface area contributed by atoms with Crippen LogP contribution in [0, 0.1) is 0 Å². The van der Waals surface area contributed by atoms with Crippen LogP contribution in [0.25, 0.3) is 11.3 Å². The van der Waals surface area contributed by atoms with E-state index in [1.54, 1.807) is 18.3 Å². The van der Waals surface area contributed by atoms with Gasteiger partial charge in [-0.1, -0.05) is 0 Å². The van der Waals surface area contributed by atoms with Crippen molar-refractivity contribution in [3.05, 3.63) is 37.1 Å². The van der Waals surface area contributed by atoms with Crippen LogP contribution in [-0.4, -0.2) is 34.9 Å². The van der Waals surface area contributed by atoms with Crippen molar-refractivity contribution in [2.24, 2.45) is 0 Å². The molecule has 5 N–H and O–H groups in total. The summed E-state index contributed by atoms with van der Waals surface area (Å²) in [7, 11) is -9.88. The summed E-state index contributed by atoms with van der Waals surface area (Å²) in [6.45, 7) is -0.503. The molecule has 114 valence electrons. The second-order valence-corrected chi connectivity index (χ2v) is 8.42. The van der Waals surface area contributed by atoms with Gasteiger partial charge in [-0.2, -0.15) is 0 Å². The zero-order valence-corrected chi connectivity index (χ0v) is 12.4. The van der Waals surface area contributed by atoms with Crippen LogP contribution >= 0.6 is 15.2 Å². The number of pyridine rings is 1. The molecular formula is C10H14N3O6P2+. The first-order valence-electron chi connectivity index (χ1n) is 5.76. The van der Waals surface area contributed by atoms with E-state index in [9.17, 15) is 9.13 Å². The quantitative estimate of drug-likeness (QED) is 0.383. The lowest BCUT2D eigenvalue weighted by molar-refractivity contribution is -0.694. The lowest BCUT2D eigenvalue weighted by atomic mass is 10.2. The lowest BCUT2D eigenvalue weighted by Gasteiger charge is -2.16. The number of hydrogen-bond donors (Lipinski definition) is 5. The normalized spacial score (nSPS) is 12.8. The number of nitrogens with one attached hydrogen (secondary N) is 1. The van der Waals surface area contributed by atoms with Gasteiger partial charge >= 0.3 is 15.2 Å². The molecule has 0 atom stereocenters. The maximum absolute atomic E-state index is 11.3. The van der Waals surface area contributed by atoms with E-state index < -0.39 is 27.1 Å². The Bertz CT molecular complexity index is 685. The molecule has 11 heteroatoms. The molecule has 0 aliphatic carbocycles. The molecule has 0 saturated heterocycles. The fourth-order valence-corrected chi connectivity index (χ4v) is 4.18. The number of nitrogens with zero attached hydrogens (tertiary/aromatic N) is 2. The van der Waals surface area contributed by atoms with Gasteiger partial charge in [-0.15, -0.1) is 0 Å². The van der Waals surface area contributed by atoms with Crippen LogP contribution in [-0.2, 0) is 15.7 Å². The van der Waals surface area contributed by atoms with Crippen LogP contribution in [0.2, 0.25) is 0 Å². The third kappa shape index (κ3) is 4.07. The van der Waals surface area contributed by atoms with Crippen LogP contribution in [0.3, 0.4) is 0 Å². The Morgan fingerprint density at radius 3 is 2.43 bits per heavy atom. The molecule has 0 bridgehead atoms. The minimum Gasteiger partial charge on any atom is -0.344 e. The predicted octanol–water partition coefficient (Wildman–Crippen LogP) is 0.0457. The van der Waals surface area contributed by atoms with Gasteiger partial charge < -0.3 is 24.6 Å². The highest BCUT2D eigenvalue weighted by molar-refractivity contribution is 7.70. The summed E-state index contributed by atoms with van der Waals surface area (Å²) >= 11 is 0. The van der Waals surface area contributed by atoms with Crippen LogP contribution in [0.15, 0.2) is 37.1 Å². The summed E-state index contributed by atoms with van der Waals surface area (Å²) < 4.78 is 23.9. The van der Waals surface area contributed by atoms with E-state index in [2.05, 4.69) is 9.97 Å². The van der Waals surface area contributed by atoms with E-state index in [-0.39, 0.29) is 0 Å². The van der Waals surface area contributed by atoms with E-state index >= 15 is 0 Å². The minimum absolute atomic E-state index is 0.503. The Morgan fingerprint density at radius 2 is 1.90 bits per heavy atom. The summed E-state index contributed by atoms with van der Waals surface area (Å²) in [5.41, 5.74) is 1.35. The maximum Gasteiger partial charge on any atom is 0.347 e. The Labute approximate surface area is 119 Å². The summed E-state index contributed by atoms with van der Waals surface area (Å²) in [6, 6.07) is 3.33. The van der Waals surface area contributed by atoms with Gasteiger partial charge in [0.2, 0.25) is 5.40 Å². The number of imidazole rings is 1. The van der Waals surface area contributed by atoms with Gasteiger partial charge in [0, 0.05) is 6.07 Å². The monoisotopic (exact) mass is 334 g/mol. The SMILES string of the molecule is O=P(O)(O)C(C[n+]1cccc(-c2cnc[nH]2)c1)P(=O)(O)O. The number of rotatable bonds is 5. The Morgan fingerprint density at radius 1 is 1.24 bits per heavy atom. The molecule has 0 aliphatic heterocycles. The van der Waals surface area contributed by atoms with Crippen molar-refractivity contribution in [1.29, 1.82) is 0 Å². The molecule has 0 spiro atoms. The van der Waals surface area contributed by atoms with Gasteiger partial charge in [-0.25, -0.2) is 9.55 Å². The average Bonchev–Trinajstić information content (AvgIpc) is 2.87. The molecule has 2 aromatic heterocycles. The molecule has 0 aromatic carbocycles. The van der Waals surface area contributed by atoms with E-state index in [1.165, 1.54) is 23.3 Å². The second-order valence-electron chi connectivity index (χ2n) is 4.41. The summed E-state index contributed by atoms with van der Waals surface area (Å²) in [5.74, 6) is 0. The van der Waals surface area contributed by atoms with Gasteiger partial charge in [-0.05, 0) is 6.07 Å². The fraction of sp³-hybridized carbons (Fsp3) is 0.200. The molecule has 21 heavy (non-hydrogen) atoms. The summed E-state index contributed by atoms with van der Waals surface area (Å²) in [5, 5.41) is -2.08. The van der Waals surface area contributed by atoms with Crippen LogP contribution in [0.4, 0.5) is 0 Å². The topological polar surface area (TPSA) is 148 Å². The second kappa shape index (κ2) is 5.81. The predicted molar refractivity (Wildman–Crippen MR) is 72.1 cm³/mol. The summed E-state index contributed by atoms with van der Waals surface area (Å²) in [6.07, 6.45) is 6.02.